The number of aromatic nitrogens is 3. The van der Waals surface area contributed by atoms with Crippen LogP contribution in [-0.2, 0) is 6.42 Å². The van der Waals surface area contributed by atoms with Gasteiger partial charge in [-0.2, -0.15) is 0 Å². The van der Waals surface area contributed by atoms with E-state index in [2.05, 4.69) is 25.8 Å². The summed E-state index contributed by atoms with van der Waals surface area (Å²) < 4.78 is 5.47. The highest BCUT2D eigenvalue weighted by Gasteiger charge is 2.14. The van der Waals surface area contributed by atoms with Crippen LogP contribution in [0.1, 0.15) is 11.3 Å². The van der Waals surface area contributed by atoms with Crippen LogP contribution in [0.3, 0.4) is 0 Å². The van der Waals surface area contributed by atoms with Crippen molar-refractivity contribution in [1.29, 1.82) is 0 Å². The molecule has 0 atom stereocenters. The average molecular weight is 380 g/mol. The highest BCUT2D eigenvalue weighted by molar-refractivity contribution is 6.37. The molecule has 0 bridgehead atoms. The number of anilines is 3. The van der Waals surface area contributed by atoms with Crippen LogP contribution >= 0.6 is 11.6 Å². The summed E-state index contributed by atoms with van der Waals surface area (Å²) in [7, 11) is 0. The van der Waals surface area contributed by atoms with Crippen LogP contribution in [0.2, 0.25) is 5.02 Å². The van der Waals surface area contributed by atoms with Gasteiger partial charge in [0.15, 0.2) is 11.4 Å². The van der Waals surface area contributed by atoms with Crippen LogP contribution in [0.25, 0.3) is 11.0 Å². The molecule has 0 spiro atoms. The Kier molecular flexibility index (Phi) is 4.89. The number of pyridine rings is 2. The first kappa shape index (κ1) is 17.3. The molecule has 0 saturated heterocycles. The van der Waals surface area contributed by atoms with Crippen LogP contribution in [0.5, 0.6) is 0 Å². The lowest BCUT2D eigenvalue weighted by Crippen LogP contribution is -2.05. The quantitative estimate of drug-likeness (QED) is 0.492. The molecule has 2 N–H and O–H groups in total. The zero-order valence-electron chi connectivity index (χ0n) is 14.7. The van der Waals surface area contributed by atoms with E-state index in [1.165, 1.54) is 5.56 Å². The van der Waals surface area contributed by atoms with E-state index in [1.807, 2.05) is 43.3 Å². The van der Waals surface area contributed by atoms with Crippen molar-refractivity contribution in [2.75, 3.05) is 17.2 Å². The Morgan fingerprint density at radius 3 is 2.70 bits per heavy atom. The van der Waals surface area contributed by atoms with Gasteiger partial charge >= 0.3 is 0 Å². The van der Waals surface area contributed by atoms with Crippen molar-refractivity contribution in [1.82, 2.24) is 15.1 Å². The average Bonchev–Trinajstić information content (AvgIpc) is 3.10. The summed E-state index contributed by atoms with van der Waals surface area (Å²) in [5, 5.41) is 12.0. The Morgan fingerprint density at radius 2 is 1.93 bits per heavy atom. The summed E-state index contributed by atoms with van der Waals surface area (Å²) in [6.45, 7) is 2.70. The minimum absolute atomic E-state index is 0.518. The fourth-order valence-electron chi connectivity index (χ4n) is 2.77. The molecule has 1 aromatic carbocycles. The number of halogens is 1. The third-order valence-corrected chi connectivity index (χ3v) is 4.61. The molecule has 27 heavy (non-hydrogen) atoms. The van der Waals surface area contributed by atoms with Gasteiger partial charge in [0, 0.05) is 24.6 Å². The Labute approximate surface area is 161 Å². The lowest BCUT2D eigenvalue weighted by Gasteiger charge is -2.08. The first-order chi connectivity index (χ1) is 13.2. The zero-order valence-corrected chi connectivity index (χ0v) is 15.5. The molecule has 136 valence electrons. The maximum Gasteiger partial charge on any atom is 0.189 e. The highest BCUT2D eigenvalue weighted by atomic mass is 35.5. The van der Waals surface area contributed by atoms with Crippen LogP contribution < -0.4 is 10.6 Å². The molecule has 0 saturated carbocycles. The molecule has 6 nitrogen and oxygen atoms in total. The third-order valence-electron chi connectivity index (χ3n) is 4.23. The van der Waals surface area contributed by atoms with Crippen molar-refractivity contribution in [2.45, 2.75) is 13.3 Å². The molecule has 0 aliphatic rings. The first-order valence-electron chi connectivity index (χ1n) is 8.61. The second-order valence-electron chi connectivity index (χ2n) is 6.18. The number of rotatable bonds is 6. The summed E-state index contributed by atoms with van der Waals surface area (Å²) in [4.78, 5) is 8.29. The molecule has 7 heteroatoms. The molecule has 0 radical (unpaired) electrons. The number of nitrogens with zero attached hydrogens (tertiary/aromatic N) is 3. The zero-order chi connectivity index (χ0) is 18.6. The second-order valence-corrected chi connectivity index (χ2v) is 6.56. The molecule has 4 aromatic rings. The van der Waals surface area contributed by atoms with Crippen LogP contribution in [-0.4, -0.2) is 21.7 Å². The van der Waals surface area contributed by atoms with Crippen molar-refractivity contribution >= 4 is 39.8 Å². The van der Waals surface area contributed by atoms with Crippen molar-refractivity contribution in [3.63, 3.8) is 0 Å². The number of aryl methyl sites for hydroxylation is 1. The van der Waals surface area contributed by atoms with Gasteiger partial charge < -0.3 is 15.2 Å². The SMILES string of the molecule is Cc1ccc(Nc2noc3c(Cl)c(NCCc4ccncc4)ccc23)cn1. The van der Waals surface area contributed by atoms with Gasteiger partial charge in [0.2, 0.25) is 0 Å². The summed E-state index contributed by atoms with van der Waals surface area (Å²) in [6, 6.07) is 11.8. The molecule has 0 aliphatic carbocycles. The third kappa shape index (κ3) is 3.85. The lowest BCUT2D eigenvalue weighted by atomic mass is 10.2. The molecule has 3 aromatic heterocycles. The van der Waals surface area contributed by atoms with Gasteiger partial charge in [-0.15, -0.1) is 0 Å². The van der Waals surface area contributed by atoms with Gasteiger partial charge in [0.1, 0.15) is 5.02 Å². The minimum atomic E-state index is 0.518. The molecule has 0 aliphatic heterocycles. The Hall–Kier alpha value is -3.12. The van der Waals surface area contributed by atoms with Gasteiger partial charge in [0.25, 0.3) is 0 Å². The second kappa shape index (κ2) is 7.63. The monoisotopic (exact) mass is 379 g/mol. The fourth-order valence-corrected chi connectivity index (χ4v) is 3.03. The summed E-state index contributed by atoms with van der Waals surface area (Å²) in [5.74, 6) is 0.612. The van der Waals surface area contributed by atoms with Gasteiger partial charge in [0.05, 0.1) is 23.0 Å². The molecular formula is C20H18ClN5O. The van der Waals surface area contributed by atoms with Gasteiger partial charge in [-0.3, -0.25) is 9.97 Å². The number of hydrogen-bond acceptors (Lipinski definition) is 6. The topological polar surface area (TPSA) is 75.9 Å². The van der Waals surface area contributed by atoms with E-state index in [4.69, 9.17) is 16.1 Å². The number of nitrogens with one attached hydrogen (secondary N) is 2. The van der Waals surface area contributed by atoms with Gasteiger partial charge in [-0.25, -0.2) is 0 Å². The van der Waals surface area contributed by atoms with E-state index in [1.54, 1.807) is 18.6 Å². The van der Waals surface area contributed by atoms with E-state index < -0.39 is 0 Å². The first-order valence-corrected chi connectivity index (χ1v) is 8.99. The number of benzene rings is 1. The van der Waals surface area contributed by atoms with Gasteiger partial charge in [-0.05, 0) is 55.3 Å². The molecular weight excluding hydrogens is 362 g/mol. The summed E-state index contributed by atoms with van der Waals surface area (Å²) in [5.41, 5.74) is 4.38. The maximum atomic E-state index is 6.51. The number of hydrogen-bond donors (Lipinski definition) is 2. The largest absolute Gasteiger partial charge is 0.383 e. The van der Waals surface area contributed by atoms with Crippen LogP contribution in [0, 0.1) is 6.92 Å². The molecule has 0 unspecified atom stereocenters. The van der Waals surface area contributed by atoms with Crippen molar-refractivity contribution in [2.24, 2.45) is 0 Å². The molecule has 4 rings (SSSR count). The Balaban J connectivity index is 1.50. The normalized spacial score (nSPS) is 10.9. The van der Waals surface area contributed by atoms with E-state index in [0.717, 1.165) is 35.4 Å². The molecule has 0 amide bonds. The summed E-state index contributed by atoms with van der Waals surface area (Å²) in [6.07, 6.45) is 6.22. The Bertz CT molecular complexity index is 1050. The maximum absolute atomic E-state index is 6.51. The van der Waals surface area contributed by atoms with Crippen LogP contribution in [0.15, 0.2) is 59.5 Å². The van der Waals surface area contributed by atoms with Crippen molar-refractivity contribution in [3.05, 3.63) is 71.3 Å². The van der Waals surface area contributed by atoms with E-state index in [9.17, 15) is 0 Å². The van der Waals surface area contributed by atoms with Crippen molar-refractivity contribution in [3.8, 4) is 0 Å². The predicted molar refractivity (Wildman–Crippen MR) is 108 cm³/mol. The Morgan fingerprint density at radius 1 is 1.07 bits per heavy atom. The van der Waals surface area contributed by atoms with Crippen LogP contribution in [0.4, 0.5) is 17.2 Å². The van der Waals surface area contributed by atoms with E-state index in [0.29, 0.717) is 16.4 Å². The summed E-state index contributed by atoms with van der Waals surface area (Å²) >= 11 is 6.51. The smallest absolute Gasteiger partial charge is 0.189 e. The highest BCUT2D eigenvalue weighted by Crippen LogP contribution is 2.35. The number of fused-ring (bicyclic) bond motifs is 1. The molecule has 0 fully saturated rings. The predicted octanol–water partition coefficient (Wildman–Crippen LogP) is 4.98. The van der Waals surface area contributed by atoms with Gasteiger partial charge in [-0.1, -0.05) is 16.8 Å². The minimum Gasteiger partial charge on any atom is -0.383 e. The molecule has 3 heterocycles. The fraction of sp³-hybridized carbons (Fsp3) is 0.150. The lowest BCUT2D eigenvalue weighted by molar-refractivity contribution is 0.460. The van der Waals surface area contributed by atoms with E-state index >= 15 is 0 Å². The van der Waals surface area contributed by atoms with E-state index in [-0.39, 0.29) is 0 Å². The standard InChI is InChI=1S/C20H18ClN5O/c1-13-2-3-15(12-24-13)25-20-16-4-5-17(18(21)19(16)27-26-20)23-11-8-14-6-9-22-10-7-14/h2-7,9-10,12,23H,8,11H2,1H3,(H,25,26). The van der Waals surface area contributed by atoms with Crippen molar-refractivity contribution < 1.29 is 4.52 Å².